The molecule has 0 amide bonds. The van der Waals surface area contributed by atoms with Crippen LogP contribution in [0.15, 0.2) is 42.5 Å². The standard InChI is InChI=1S/C17H15N5/c1-11-6-7-15(12(2)8-11)16-17(19)22(21-20-16)14-5-3-4-13(9-14)10-18/h3-9H,19H2,1-2H3. The fourth-order valence-electron chi connectivity index (χ4n) is 2.46. The van der Waals surface area contributed by atoms with Gasteiger partial charge in [-0.05, 0) is 37.6 Å². The molecule has 0 unspecified atom stereocenters. The first-order valence-electron chi connectivity index (χ1n) is 6.89. The van der Waals surface area contributed by atoms with E-state index in [2.05, 4.69) is 22.4 Å². The van der Waals surface area contributed by atoms with Crippen LogP contribution in [0.1, 0.15) is 16.7 Å². The molecule has 0 saturated carbocycles. The van der Waals surface area contributed by atoms with Gasteiger partial charge in [0.15, 0.2) is 5.82 Å². The van der Waals surface area contributed by atoms with Gasteiger partial charge in [-0.15, -0.1) is 5.10 Å². The molecule has 3 aromatic rings. The molecule has 0 aliphatic carbocycles. The van der Waals surface area contributed by atoms with Crippen LogP contribution in [0.25, 0.3) is 16.9 Å². The highest BCUT2D eigenvalue weighted by Gasteiger charge is 2.15. The molecular formula is C17H15N5. The summed E-state index contributed by atoms with van der Waals surface area (Å²) in [5.74, 6) is 0.460. The van der Waals surface area contributed by atoms with Crippen molar-refractivity contribution in [2.45, 2.75) is 13.8 Å². The molecule has 22 heavy (non-hydrogen) atoms. The summed E-state index contributed by atoms with van der Waals surface area (Å²) in [7, 11) is 0. The Bertz CT molecular complexity index is 886. The smallest absolute Gasteiger partial charge is 0.155 e. The van der Waals surface area contributed by atoms with Gasteiger partial charge in [0.1, 0.15) is 5.69 Å². The molecule has 0 saturated heterocycles. The Morgan fingerprint density at radius 3 is 2.68 bits per heavy atom. The van der Waals surface area contributed by atoms with Gasteiger partial charge in [0.05, 0.1) is 17.3 Å². The van der Waals surface area contributed by atoms with E-state index in [9.17, 15) is 0 Å². The van der Waals surface area contributed by atoms with Crippen molar-refractivity contribution in [2.75, 3.05) is 5.73 Å². The molecule has 0 aliphatic heterocycles. The van der Waals surface area contributed by atoms with Crippen LogP contribution in [0.4, 0.5) is 5.82 Å². The second-order valence-corrected chi connectivity index (χ2v) is 5.22. The number of benzene rings is 2. The topological polar surface area (TPSA) is 80.5 Å². The second-order valence-electron chi connectivity index (χ2n) is 5.22. The summed E-state index contributed by atoms with van der Waals surface area (Å²) in [6.45, 7) is 4.07. The monoisotopic (exact) mass is 289 g/mol. The molecule has 0 spiro atoms. The number of nitrogen functional groups attached to an aromatic ring is 1. The van der Waals surface area contributed by atoms with Crippen LogP contribution in [-0.2, 0) is 0 Å². The molecule has 1 heterocycles. The lowest BCUT2D eigenvalue weighted by molar-refractivity contribution is 0.810. The number of nitrogens with two attached hydrogens (primary N) is 1. The van der Waals surface area contributed by atoms with Crippen molar-refractivity contribution in [3.63, 3.8) is 0 Å². The highest BCUT2D eigenvalue weighted by molar-refractivity contribution is 5.73. The molecule has 2 aromatic carbocycles. The summed E-state index contributed by atoms with van der Waals surface area (Å²) in [6.07, 6.45) is 0. The van der Waals surface area contributed by atoms with Crippen LogP contribution >= 0.6 is 0 Å². The molecule has 1 aromatic heterocycles. The number of aryl methyl sites for hydroxylation is 2. The Kier molecular flexibility index (Phi) is 3.36. The lowest BCUT2D eigenvalue weighted by Crippen LogP contribution is -2.02. The van der Waals surface area contributed by atoms with Crippen molar-refractivity contribution in [2.24, 2.45) is 0 Å². The maximum atomic E-state index is 9.00. The summed E-state index contributed by atoms with van der Waals surface area (Å²) in [6, 6.07) is 15.3. The molecule has 0 atom stereocenters. The SMILES string of the molecule is Cc1ccc(-c2nnn(-c3cccc(C#N)c3)c2N)c(C)c1. The van der Waals surface area contributed by atoms with E-state index in [1.165, 1.54) is 5.56 Å². The van der Waals surface area contributed by atoms with Gasteiger partial charge in [-0.1, -0.05) is 35.0 Å². The van der Waals surface area contributed by atoms with Gasteiger partial charge in [0.25, 0.3) is 0 Å². The Labute approximate surface area is 128 Å². The van der Waals surface area contributed by atoms with Gasteiger partial charge in [-0.2, -0.15) is 9.94 Å². The number of nitriles is 1. The van der Waals surface area contributed by atoms with Crippen molar-refractivity contribution < 1.29 is 0 Å². The highest BCUT2D eigenvalue weighted by Crippen LogP contribution is 2.28. The van der Waals surface area contributed by atoms with Crippen molar-refractivity contribution in [1.29, 1.82) is 5.26 Å². The molecule has 3 rings (SSSR count). The van der Waals surface area contributed by atoms with Crippen molar-refractivity contribution in [3.8, 4) is 23.0 Å². The zero-order valence-corrected chi connectivity index (χ0v) is 12.4. The normalized spacial score (nSPS) is 10.4. The first-order valence-corrected chi connectivity index (χ1v) is 6.89. The van der Waals surface area contributed by atoms with Crippen molar-refractivity contribution in [3.05, 3.63) is 59.2 Å². The third-order valence-electron chi connectivity index (χ3n) is 3.56. The van der Waals surface area contributed by atoms with Crippen molar-refractivity contribution in [1.82, 2.24) is 15.0 Å². The van der Waals surface area contributed by atoms with E-state index in [0.29, 0.717) is 17.1 Å². The van der Waals surface area contributed by atoms with Gasteiger partial charge >= 0.3 is 0 Å². The molecule has 0 bridgehead atoms. The maximum Gasteiger partial charge on any atom is 0.155 e. The zero-order valence-electron chi connectivity index (χ0n) is 12.4. The number of nitrogens with zero attached hydrogens (tertiary/aromatic N) is 4. The Hall–Kier alpha value is -3.13. The quantitative estimate of drug-likeness (QED) is 0.786. The number of aromatic nitrogens is 3. The summed E-state index contributed by atoms with van der Waals surface area (Å²) < 4.78 is 1.55. The van der Waals surface area contributed by atoms with E-state index < -0.39 is 0 Å². The average molecular weight is 289 g/mol. The highest BCUT2D eigenvalue weighted by atomic mass is 15.5. The summed E-state index contributed by atoms with van der Waals surface area (Å²) >= 11 is 0. The van der Waals surface area contributed by atoms with Gasteiger partial charge in [-0.25, -0.2) is 0 Å². The third-order valence-corrected chi connectivity index (χ3v) is 3.56. The predicted octanol–water partition coefficient (Wildman–Crippen LogP) is 3.01. The van der Waals surface area contributed by atoms with Crippen LogP contribution < -0.4 is 5.73 Å². The largest absolute Gasteiger partial charge is 0.382 e. The lowest BCUT2D eigenvalue weighted by Gasteiger charge is -2.06. The first-order chi connectivity index (χ1) is 10.6. The van der Waals surface area contributed by atoms with E-state index in [4.69, 9.17) is 11.0 Å². The fourth-order valence-corrected chi connectivity index (χ4v) is 2.46. The summed E-state index contributed by atoms with van der Waals surface area (Å²) in [5, 5.41) is 17.3. The molecule has 5 nitrogen and oxygen atoms in total. The fraction of sp³-hybridized carbons (Fsp3) is 0.118. The van der Waals surface area contributed by atoms with Crippen LogP contribution in [0.3, 0.4) is 0 Å². The molecule has 5 heteroatoms. The van der Waals surface area contributed by atoms with Crippen LogP contribution in [0, 0.1) is 25.2 Å². The summed E-state index contributed by atoms with van der Waals surface area (Å²) in [5.41, 5.74) is 11.4. The minimum atomic E-state index is 0.460. The zero-order chi connectivity index (χ0) is 15.7. The number of rotatable bonds is 2. The minimum Gasteiger partial charge on any atom is -0.382 e. The molecular weight excluding hydrogens is 274 g/mol. The summed E-state index contributed by atoms with van der Waals surface area (Å²) in [4.78, 5) is 0. The average Bonchev–Trinajstić information content (AvgIpc) is 2.89. The molecule has 108 valence electrons. The van der Waals surface area contributed by atoms with Crippen molar-refractivity contribution >= 4 is 5.82 Å². The maximum absolute atomic E-state index is 9.00. The van der Waals surface area contributed by atoms with Gasteiger partial charge < -0.3 is 5.73 Å². The first kappa shape index (κ1) is 13.8. The molecule has 0 fully saturated rings. The molecule has 0 radical (unpaired) electrons. The Morgan fingerprint density at radius 2 is 1.95 bits per heavy atom. The van der Waals surface area contributed by atoms with E-state index in [1.54, 1.807) is 22.9 Å². The third kappa shape index (κ3) is 2.31. The molecule has 2 N–H and O–H groups in total. The van der Waals surface area contributed by atoms with Crippen LogP contribution in [0.5, 0.6) is 0 Å². The van der Waals surface area contributed by atoms with Gasteiger partial charge in [0.2, 0.25) is 0 Å². The van der Waals surface area contributed by atoms with E-state index in [0.717, 1.165) is 16.8 Å². The van der Waals surface area contributed by atoms with E-state index in [1.807, 2.05) is 32.0 Å². The van der Waals surface area contributed by atoms with E-state index >= 15 is 0 Å². The number of hydrogen-bond acceptors (Lipinski definition) is 4. The Balaban J connectivity index is 2.11. The predicted molar refractivity (Wildman–Crippen MR) is 85.4 cm³/mol. The van der Waals surface area contributed by atoms with Gasteiger partial charge in [-0.3, -0.25) is 0 Å². The Morgan fingerprint density at radius 1 is 1.14 bits per heavy atom. The van der Waals surface area contributed by atoms with E-state index in [-0.39, 0.29) is 0 Å². The number of hydrogen-bond donors (Lipinski definition) is 1. The minimum absolute atomic E-state index is 0.460. The van der Waals surface area contributed by atoms with Crippen LogP contribution in [0.2, 0.25) is 0 Å². The molecule has 0 aliphatic rings. The van der Waals surface area contributed by atoms with Gasteiger partial charge in [0, 0.05) is 5.56 Å². The van der Waals surface area contributed by atoms with Crippen LogP contribution in [-0.4, -0.2) is 15.0 Å². The lowest BCUT2D eigenvalue weighted by atomic mass is 10.0. The number of anilines is 1. The second kappa shape index (κ2) is 5.34.